The van der Waals surface area contributed by atoms with Crippen LogP contribution in [0.3, 0.4) is 0 Å². The van der Waals surface area contributed by atoms with Crippen molar-refractivity contribution in [3.63, 3.8) is 0 Å². The summed E-state index contributed by atoms with van der Waals surface area (Å²) in [5.74, 6) is 0. The Hall–Kier alpha value is -2.49. The van der Waals surface area contributed by atoms with E-state index in [0.29, 0.717) is 0 Å². The summed E-state index contributed by atoms with van der Waals surface area (Å²) >= 11 is 0. The number of carbonyl (C=O) groups is 1. The third-order valence-corrected chi connectivity index (χ3v) is 4.56. The first-order valence-electron chi connectivity index (χ1n) is 8.48. The molecule has 4 heteroatoms. The molecule has 1 N–H and O–H groups in total. The van der Waals surface area contributed by atoms with Crippen LogP contribution in [0.5, 0.6) is 0 Å². The summed E-state index contributed by atoms with van der Waals surface area (Å²) in [6, 6.07) is 14.4. The first-order chi connectivity index (χ1) is 11.5. The molecule has 0 unspecified atom stereocenters. The van der Waals surface area contributed by atoms with Gasteiger partial charge in [-0.15, -0.1) is 0 Å². The number of anilines is 2. The lowest BCUT2D eigenvalue weighted by atomic mass is 10.1. The Morgan fingerprint density at radius 2 is 1.50 bits per heavy atom. The van der Waals surface area contributed by atoms with Crippen LogP contribution in [0.1, 0.15) is 16.7 Å². The van der Waals surface area contributed by atoms with Crippen LogP contribution < -0.4 is 10.2 Å². The van der Waals surface area contributed by atoms with Crippen LogP contribution in [0.15, 0.2) is 42.5 Å². The number of urea groups is 1. The van der Waals surface area contributed by atoms with Gasteiger partial charge >= 0.3 is 6.03 Å². The predicted octanol–water partition coefficient (Wildman–Crippen LogP) is 3.97. The summed E-state index contributed by atoms with van der Waals surface area (Å²) in [5, 5.41) is 2.98. The second-order valence-electron chi connectivity index (χ2n) is 6.56. The molecule has 4 nitrogen and oxygen atoms in total. The van der Waals surface area contributed by atoms with E-state index in [1.54, 1.807) is 0 Å². The number of piperazine rings is 1. The maximum absolute atomic E-state index is 12.4. The maximum atomic E-state index is 12.4. The zero-order chi connectivity index (χ0) is 17.1. The molecule has 1 fully saturated rings. The molecule has 0 aromatic heterocycles. The normalized spacial score (nSPS) is 14.6. The van der Waals surface area contributed by atoms with Crippen LogP contribution in [0, 0.1) is 20.8 Å². The van der Waals surface area contributed by atoms with Gasteiger partial charge in [0.1, 0.15) is 0 Å². The summed E-state index contributed by atoms with van der Waals surface area (Å²) in [5.41, 5.74) is 5.90. The highest BCUT2D eigenvalue weighted by Crippen LogP contribution is 2.22. The Bertz CT molecular complexity index is 716. The van der Waals surface area contributed by atoms with Gasteiger partial charge in [0.25, 0.3) is 0 Å². The van der Waals surface area contributed by atoms with Crippen molar-refractivity contribution in [2.75, 3.05) is 36.4 Å². The van der Waals surface area contributed by atoms with E-state index in [9.17, 15) is 4.79 Å². The third-order valence-electron chi connectivity index (χ3n) is 4.56. The molecular weight excluding hydrogens is 298 g/mol. The highest BCUT2D eigenvalue weighted by molar-refractivity contribution is 5.89. The second kappa shape index (κ2) is 6.95. The van der Waals surface area contributed by atoms with E-state index >= 15 is 0 Å². The van der Waals surface area contributed by atoms with Crippen molar-refractivity contribution < 1.29 is 4.79 Å². The van der Waals surface area contributed by atoms with Gasteiger partial charge in [-0.1, -0.05) is 35.4 Å². The topological polar surface area (TPSA) is 35.6 Å². The molecule has 2 amide bonds. The van der Waals surface area contributed by atoms with E-state index < -0.39 is 0 Å². The zero-order valence-corrected chi connectivity index (χ0v) is 14.7. The molecule has 24 heavy (non-hydrogen) atoms. The van der Waals surface area contributed by atoms with Gasteiger partial charge < -0.3 is 15.1 Å². The number of hydrogen-bond acceptors (Lipinski definition) is 2. The predicted molar refractivity (Wildman–Crippen MR) is 99.9 cm³/mol. The van der Waals surface area contributed by atoms with Gasteiger partial charge in [-0.05, 0) is 44.5 Å². The molecule has 1 aliphatic heterocycles. The maximum Gasteiger partial charge on any atom is 0.321 e. The van der Waals surface area contributed by atoms with Crippen molar-refractivity contribution in [1.29, 1.82) is 0 Å². The van der Waals surface area contributed by atoms with E-state index in [0.717, 1.165) is 31.9 Å². The number of nitrogens with zero attached hydrogens (tertiary/aromatic N) is 2. The Morgan fingerprint density at radius 3 is 2.12 bits per heavy atom. The van der Waals surface area contributed by atoms with Crippen molar-refractivity contribution in [3.05, 3.63) is 59.2 Å². The SMILES string of the molecule is Cc1ccc(NC(=O)N2CCN(c3ccc(C)cc3C)CC2)cc1. The summed E-state index contributed by atoms with van der Waals surface area (Å²) < 4.78 is 0. The molecule has 3 rings (SSSR count). The lowest BCUT2D eigenvalue weighted by Crippen LogP contribution is -2.50. The van der Waals surface area contributed by atoms with E-state index in [2.05, 4.69) is 42.3 Å². The lowest BCUT2D eigenvalue weighted by molar-refractivity contribution is 0.208. The van der Waals surface area contributed by atoms with E-state index in [1.165, 1.54) is 22.4 Å². The minimum absolute atomic E-state index is 0.0147. The summed E-state index contributed by atoms with van der Waals surface area (Å²) in [6.45, 7) is 9.52. The highest BCUT2D eigenvalue weighted by atomic mass is 16.2. The van der Waals surface area contributed by atoms with Crippen LogP contribution in [-0.4, -0.2) is 37.1 Å². The number of nitrogens with one attached hydrogen (secondary N) is 1. The average Bonchev–Trinajstić information content (AvgIpc) is 2.57. The van der Waals surface area contributed by atoms with Crippen LogP contribution in [0.4, 0.5) is 16.2 Å². The minimum atomic E-state index is -0.0147. The molecule has 126 valence electrons. The number of aryl methyl sites for hydroxylation is 3. The number of amides is 2. The Kier molecular flexibility index (Phi) is 4.74. The molecule has 0 saturated carbocycles. The van der Waals surface area contributed by atoms with Gasteiger partial charge in [0.2, 0.25) is 0 Å². The smallest absolute Gasteiger partial charge is 0.321 e. The summed E-state index contributed by atoms with van der Waals surface area (Å²) in [6.07, 6.45) is 0. The fourth-order valence-corrected chi connectivity index (χ4v) is 3.15. The van der Waals surface area contributed by atoms with Crippen LogP contribution in [0.25, 0.3) is 0 Å². The molecule has 0 aliphatic carbocycles. The lowest BCUT2D eigenvalue weighted by Gasteiger charge is -2.36. The van der Waals surface area contributed by atoms with E-state index in [4.69, 9.17) is 0 Å². The highest BCUT2D eigenvalue weighted by Gasteiger charge is 2.22. The second-order valence-corrected chi connectivity index (χ2v) is 6.56. The number of carbonyl (C=O) groups excluding carboxylic acids is 1. The third kappa shape index (κ3) is 3.70. The van der Waals surface area contributed by atoms with Crippen molar-refractivity contribution in [2.24, 2.45) is 0 Å². The van der Waals surface area contributed by atoms with Gasteiger partial charge in [-0.2, -0.15) is 0 Å². The van der Waals surface area contributed by atoms with E-state index in [1.807, 2.05) is 36.1 Å². The molecule has 1 saturated heterocycles. The van der Waals surface area contributed by atoms with E-state index in [-0.39, 0.29) is 6.03 Å². The number of hydrogen-bond donors (Lipinski definition) is 1. The first kappa shape index (κ1) is 16.4. The average molecular weight is 323 g/mol. The molecule has 1 heterocycles. The standard InChI is InChI=1S/C20H25N3O/c1-15-4-7-18(8-5-15)21-20(24)23-12-10-22(11-13-23)19-9-6-16(2)14-17(19)3/h4-9,14H,10-13H2,1-3H3,(H,21,24). The van der Waals surface area contributed by atoms with Gasteiger partial charge in [0.05, 0.1) is 0 Å². The van der Waals surface area contributed by atoms with Gasteiger partial charge in [0.15, 0.2) is 0 Å². The molecule has 2 aromatic carbocycles. The molecule has 1 aliphatic rings. The van der Waals surface area contributed by atoms with Crippen molar-refractivity contribution >= 4 is 17.4 Å². The zero-order valence-electron chi connectivity index (χ0n) is 14.7. The van der Waals surface area contributed by atoms with Crippen LogP contribution in [0.2, 0.25) is 0 Å². The van der Waals surface area contributed by atoms with Crippen molar-refractivity contribution in [1.82, 2.24) is 4.90 Å². The fraction of sp³-hybridized carbons (Fsp3) is 0.350. The van der Waals surface area contributed by atoms with Gasteiger partial charge in [-0.25, -0.2) is 4.79 Å². The monoisotopic (exact) mass is 323 g/mol. The fourth-order valence-electron chi connectivity index (χ4n) is 3.15. The Labute approximate surface area is 144 Å². The summed E-state index contributed by atoms with van der Waals surface area (Å²) in [7, 11) is 0. The number of benzene rings is 2. The molecule has 0 radical (unpaired) electrons. The van der Waals surface area contributed by atoms with Gasteiger partial charge in [-0.3, -0.25) is 0 Å². The first-order valence-corrected chi connectivity index (χ1v) is 8.48. The van der Waals surface area contributed by atoms with Crippen LogP contribution >= 0.6 is 0 Å². The quantitative estimate of drug-likeness (QED) is 0.908. The van der Waals surface area contributed by atoms with Crippen molar-refractivity contribution in [3.8, 4) is 0 Å². The van der Waals surface area contributed by atoms with Crippen LogP contribution in [-0.2, 0) is 0 Å². The molecular formula is C20H25N3O. The molecule has 2 aromatic rings. The minimum Gasteiger partial charge on any atom is -0.368 e. The Morgan fingerprint density at radius 1 is 0.875 bits per heavy atom. The van der Waals surface area contributed by atoms with Crippen molar-refractivity contribution in [2.45, 2.75) is 20.8 Å². The number of rotatable bonds is 2. The Balaban J connectivity index is 1.58. The van der Waals surface area contributed by atoms with Gasteiger partial charge in [0, 0.05) is 37.6 Å². The summed E-state index contributed by atoms with van der Waals surface area (Å²) in [4.78, 5) is 16.7. The molecule has 0 atom stereocenters. The molecule has 0 spiro atoms. The molecule has 0 bridgehead atoms. The largest absolute Gasteiger partial charge is 0.368 e.